The van der Waals surface area contributed by atoms with Crippen molar-refractivity contribution >= 4 is 6.29 Å². The molecule has 2 nitrogen and oxygen atoms in total. The second-order valence-corrected chi connectivity index (χ2v) is 5.29. The Balaban J connectivity index is 3.12. The molecule has 0 aromatic heterocycles. The molecule has 0 saturated heterocycles. The Morgan fingerprint density at radius 2 is 1.88 bits per heavy atom. The number of ether oxygens (including phenoxy) is 1. The first kappa shape index (κ1) is 12.8. The van der Waals surface area contributed by atoms with Crippen molar-refractivity contribution in [2.45, 2.75) is 46.1 Å². The zero-order valence-corrected chi connectivity index (χ0v) is 10.7. The Bertz CT molecular complexity index is 373. The van der Waals surface area contributed by atoms with Gasteiger partial charge in [-0.1, -0.05) is 26.8 Å². The molecular formula is C14H20O2. The monoisotopic (exact) mass is 220 g/mol. The van der Waals surface area contributed by atoms with Crippen LogP contribution >= 0.6 is 0 Å². The maximum absolute atomic E-state index is 11.0. The van der Waals surface area contributed by atoms with Crippen LogP contribution in [-0.2, 0) is 5.41 Å². The van der Waals surface area contributed by atoms with Crippen molar-refractivity contribution in [2.24, 2.45) is 0 Å². The minimum absolute atomic E-state index is 0.0497. The lowest BCUT2D eigenvalue weighted by molar-refractivity contribution is 0.111. The molecule has 0 spiro atoms. The summed E-state index contributed by atoms with van der Waals surface area (Å²) in [7, 11) is 0. The summed E-state index contributed by atoms with van der Waals surface area (Å²) < 4.78 is 5.57. The SMILES string of the molecule is CC(C)Oc1ccc(C(C)(C)C)cc1C=O. The Labute approximate surface area is 97.6 Å². The minimum atomic E-state index is 0.0497. The van der Waals surface area contributed by atoms with Crippen molar-refractivity contribution in [3.63, 3.8) is 0 Å². The largest absolute Gasteiger partial charge is 0.490 e. The standard InChI is InChI=1S/C14H20O2/c1-10(2)16-13-7-6-12(14(3,4)5)8-11(13)9-15/h6-10H,1-5H3. The molecule has 1 rings (SSSR count). The van der Waals surface area contributed by atoms with E-state index in [1.165, 1.54) is 0 Å². The van der Waals surface area contributed by atoms with E-state index in [1.807, 2.05) is 32.0 Å². The fourth-order valence-electron chi connectivity index (χ4n) is 1.47. The van der Waals surface area contributed by atoms with Crippen molar-refractivity contribution in [2.75, 3.05) is 0 Å². The molecule has 0 N–H and O–H groups in total. The minimum Gasteiger partial charge on any atom is -0.490 e. The maximum atomic E-state index is 11.0. The van der Waals surface area contributed by atoms with E-state index in [-0.39, 0.29) is 11.5 Å². The van der Waals surface area contributed by atoms with Gasteiger partial charge in [0, 0.05) is 0 Å². The Morgan fingerprint density at radius 1 is 1.25 bits per heavy atom. The number of hydrogen-bond donors (Lipinski definition) is 0. The molecule has 1 aromatic carbocycles. The molecule has 0 amide bonds. The first-order chi connectivity index (χ1) is 7.34. The summed E-state index contributed by atoms with van der Waals surface area (Å²) in [4.78, 5) is 11.0. The van der Waals surface area contributed by atoms with Crippen molar-refractivity contribution in [1.82, 2.24) is 0 Å². The summed E-state index contributed by atoms with van der Waals surface area (Å²) in [6.07, 6.45) is 0.937. The van der Waals surface area contributed by atoms with E-state index in [0.29, 0.717) is 11.3 Å². The lowest BCUT2D eigenvalue weighted by Gasteiger charge is -2.20. The van der Waals surface area contributed by atoms with Gasteiger partial charge in [-0.05, 0) is 37.0 Å². The predicted octanol–water partition coefficient (Wildman–Crippen LogP) is 3.58. The van der Waals surface area contributed by atoms with Gasteiger partial charge in [0.25, 0.3) is 0 Å². The van der Waals surface area contributed by atoms with Crippen LogP contribution in [0.25, 0.3) is 0 Å². The van der Waals surface area contributed by atoms with E-state index in [2.05, 4.69) is 20.8 Å². The topological polar surface area (TPSA) is 26.3 Å². The summed E-state index contributed by atoms with van der Waals surface area (Å²) in [6.45, 7) is 10.3. The van der Waals surface area contributed by atoms with Gasteiger partial charge in [0.1, 0.15) is 5.75 Å². The quantitative estimate of drug-likeness (QED) is 0.728. The molecule has 0 fully saturated rings. The second kappa shape index (κ2) is 4.69. The maximum Gasteiger partial charge on any atom is 0.153 e. The van der Waals surface area contributed by atoms with Gasteiger partial charge in [0.05, 0.1) is 11.7 Å². The number of aldehydes is 1. The van der Waals surface area contributed by atoms with Gasteiger partial charge < -0.3 is 4.74 Å². The van der Waals surface area contributed by atoms with Crippen LogP contribution < -0.4 is 4.74 Å². The first-order valence-corrected chi connectivity index (χ1v) is 5.61. The number of benzene rings is 1. The summed E-state index contributed by atoms with van der Waals surface area (Å²) >= 11 is 0. The molecule has 16 heavy (non-hydrogen) atoms. The van der Waals surface area contributed by atoms with E-state index in [4.69, 9.17) is 4.74 Å². The summed E-state index contributed by atoms with van der Waals surface area (Å²) in [5, 5.41) is 0. The van der Waals surface area contributed by atoms with Gasteiger partial charge in [0.2, 0.25) is 0 Å². The van der Waals surface area contributed by atoms with Crippen LogP contribution in [0, 0.1) is 0 Å². The molecule has 0 aliphatic rings. The van der Waals surface area contributed by atoms with E-state index >= 15 is 0 Å². The lowest BCUT2D eigenvalue weighted by Crippen LogP contribution is -2.13. The number of carbonyl (C=O) groups excluding carboxylic acids is 1. The average Bonchev–Trinajstić information content (AvgIpc) is 2.15. The van der Waals surface area contributed by atoms with Gasteiger partial charge in [0.15, 0.2) is 6.29 Å². The Morgan fingerprint density at radius 3 is 2.31 bits per heavy atom. The molecule has 0 saturated carbocycles. The van der Waals surface area contributed by atoms with Crippen molar-refractivity contribution < 1.29 is 9.53 Å². The predicted molar refractivity (Wildman–Crippen MR) is 66.3 cm³/mol. The van der Waals surface area contributed by atoms with Crippen LogP contribution in [-0.4, -0.2) is 12.4 Å². The molecule has 0 bridgehead atoms. The normalized spacial score (nSPS) is 11.6. The molecule has 0 aliphatic carbocycles. The Kier molecular flexibility index (Phi) is 3.74. The first-order valence-electron chi connectivity index (χ1n) is 5.61. The van der Waals surface area contributed by atoms with Gasteiger partial charge in [-0.25, -0.2) is 0 Å². The van der Waals surface area contributed by atoms with Gasteiger partial charge >= 0.3 is 0 Å². The zero-order chi connectivity index (χ0) is 12.3. The van der Waals surface area contributed by atoms with Gasteiger partial charge in [-0.3, -0.25) is 4.79 Å². The summed E-state index contributed by atoms with van der Waals surface area (Å²) in [5.74, 6) is 0.665. The van der Waals surface area contributed by atoms with Gasteiger partial charge in [-0.15, -0.1) is 0 Å². The van der Waals surface area contributed by atoms with Crippen LogP contribution in [0.15, 0.2) is 18.2 Å². The zero-order valence-electron chi connectivity index (χ0n) is 10.7. The molecule has 1 aromatic rings. The smallest absolute Gasteiger partial charge is 0.153 e. The molecule has 88 valence electrons. The van der Waals surface area contributed by atoms with E-state index < -0.39 is 0 Å². The van der Waals surface area contributed by atoms with Crippen molar-refractivity contribution in [3.8, 4) is 5.75 Å². The van der Waals surface area contributed by atoms with Crippen LogP contribution in [0.5, 0.6) is 5.75 Å². The molecule has 0 atom stereocenters. The third-order valence-corrected chi connectivity index (χ3v) is 2.37. The lowest BCUT2D eigenvalue weighted by atomic mass is 9.86. The van der Waals surface area contributed by atoms with Crippen LogP contribution in [0.1, 0.15) is 50.5 Å². The third-order valence-electron chi connectivity index (χ3n) is 2.37. The number of hydrogen-bond acceptors (Lipinski definition) is 2. The van der Waals surface area contributed by atoms with Crippen LogP contribution in [0.3, 0.4) is 0 Å². The molecule has 0 aliphatic heterocycles. The van der Waals surface area contributed by atoms with Crippen molar-refractivity contribution in [3.05, 3.63) is 29.3 Å². The molecule has 0 heterocycles. The van der Waals surface area contributed by atoms with Gasteiger partial charge in [-0.2, -0.15) is 0 Å². The van der Waals surface area contributed by atoms with E-state index in [9.17, 15) is 4.79 Å². The molecular weight excluding hydrogens is 200 g/mol. The third kappa shape index (κ3) is 3.09. The molecule has 0 unspecified atom stereocenters. The van der Waals surface area contributed by atoms with Crippen LogP contribution in [0.4, 0.5) is 0 Å². The summed E-state index contributed by atoms with van der Waals surface area (Å²) in [5.41, 5.74) is 1.82. The second-order valence-electron chi connectivity index (χ2n) is 5.29. The van der Waals surface area contributed by atoms with E-state index in [0.717, 1.165) is 11.8 Å². The fraction of sp³-hybridized carbons (Fsp3) is 0.500. The highest BCUT2D eigenvalue weighted by Crippen LogP contribution is 2.27. The highest BCUT2D eigenvalue weighted by Gasteiger charge is 2.16. The van der Waals surface area contributed by atoms with Crippen molar-refractivity contribution in [1.29, 1.82) is 0 Å². The summed E-state index contributed by atoms with van der Waals surface area (Å²) in [6, 6.07) is 5.81. The molecule has 2 heteroatoms. The fourth-order valence-corrected chi connectivity index (χ4v) is 1.47. The average molecular weight is 220 g/mol. The number of rotatable bonds is 3. The highest BCUT2D eigenvalue weighted by atomic mass is 16.5. The Hall–Kier alpha value is -1.31. The highest BCUT2D eigenvalue weighted by molar-refractivity contribution is 5.79. The van der Waals surface area contributed by atoms with Crippen LogP contribution in [0.2, 0.25) is 0 Å². The number of carbonyl (C=O) groups is 1. The molecule has 0 radical (unpaired) electrons. The van der Waals surface area contributed by atoms with E-state index in [1.54, 1.807) is 0 Å².